The van der Waals surface area contributed by atoms with Crippen molar-refractivity contribution in [1.29, 1.82) is 0 Å². The van der Waals surface area contributed by atoms with Crippen LogP contribution >= 0.6 is 11.3 Å². The van der Waals surface area contributed by atoms with Crippen LogP contribution in [0.2, 0.25) is 0 Å². The summed E-state index contributed by atoms with van der Waals surface area (Å²) in [6, 6.07) is 17.5. The van der Waals surface area contributed by atoms with Crippen molar-refractivity contribution in [2.24, 2.45) is 0 Å². The van der Waals surface area contributed by atoms with Crippen LogP contribution in [0.3, 0.4) is 0 Å². The molecule has 3 heterocycles. The Hall–Kier alpha value is -3.91. The third-order valence-electron chi connectivity index (χ3n) is 5.58. The summed E-state index contributed by atoms with van der Waals surface area (Å²) < 4.78 is 20.8. The van der Waals surface area contributed by atoms with Gasteiger partial charge in [0.2, 0.25) is 0 Å². The molecule has 0 saturated heterocycles. The summed E-state index contributed by atoms with van der Waals surface area (Å²) in [6.07, 6.45) is 4.20. The summed E-state index contributed by atoms with van der Waals surface area (Å²) in [4.78, 5) is 20.4. The zero-order valence-electron chi connectivity index (χ0n) is 18.6. The molecule has 0 fully saturated rings. The maximum Gasteiger partial charge on any atom is 0.322 e. The predicted octanol–water partition coefficient (Wildman–Crippen LogP) is 6.38. The molecule has 5 rings (SSSR count). The van der Waals surface area contributed by atoms with Crippen molar-refractivity contribution in [3.05, 3.63) is 101 Å². The third-order valence-corrected chi connectivity index (χ3v) is 6.47. The normalized spacial score (nSPS) is 11.1. The Bertz CT molecular complexity index is 1390. The molecule has 3 aromatic heterocycles. The second-order valence-electron chi connectivity index (χ2n) is 8.06. The monoisotopic (exact) mass is 474 g/mol. The first-order chi connectivity index (χ1) is 16.5. The summed E-state index contributed by atoms with van der Waals surface area (Å²) in [5, 5.41) is 5.03. The lowest BCUT2D eigenvalue weighted by molar-refractivity contribution is 0.204. The van der Waals surface area contributed by atoms with Gasteiger partial charge in [-0.2, -0.15) is 0 Å². The first kappa shape index (κ1) is 21.9. The first-order valence-corrected chi connectivity index (χ1v) is 11.8. The van der Waals surface area contributed by atoms with E-state index in [1.54, 1.807) is 34.6 Å². The number of benzene rings is 2. The molecule has 8 heteroatoms. The lowest BCUT2D eigenvalue weighted by Gasteiger charge is -2.22. The van der Waals surface area contributed by atoms with Crippen molar-refractivity contribution in [3.8, 4) is 11.3 Å². The molecule has 172 valence electrons. The van der Waals surface area contributed by atoms with E-state index in [1.807, 2.05) is 53.9 Å². The van der Waals surface area contributed by atoms with E-state index < -0.39 is 0 Å². The Morgan fingerprint density at radius 1 is 1.15 bits per heavy atom. The van der Waals surface area contributed by atoms with Crippen LogP contribution in [0.4, 0.5) is 14.9 Å². The van der Waals surface area contributed by atoms with Crippen molar-refractivity contribution in [2.75, 3.05) is 11.9 Å². The predicted molar refractivity (Wildman–Crippen MR) is 131 cm³/mol. The van der Waals surface area contributed by atoms with Gasteiger partial charge in [-0.05, 0) is 55.5 Å². The van der Waals surface area contributed by atoms with Gasteiger partial charge in [-0.15, -0.1) is 11.3 Å². The van der Waals surface area contributed by atoms with Crippen molar-refractivity contribution in [3.63, 3.8) is 0 Å². The number of fused-ring (bicyclic) bond motifs is 1. The number of carbonyl (C=O) groups is 1. The van der Waals surface area contributed by atoms with Crippen LogP contribution in [0.1, 0.15) is 17.0 Å². The summed E-state index contributed by atoms with van der Waals surface area (Å²) in [5.41, 5.74) is 4.58. The van der Waals surface area contributed by atoms with Crippen molar-refractivity contribution in [1.82, 2.24) is 14.3 Å². The number of nitrogens with one attached hydrogen (secondary N) is 1. The van der Waals surface area contributed by atoms with Crippen molar-refractivity contribution >= 4 is 28.0 Å². The molecule has 0 atom stereocenters. The number of amides is 2. The quantitative estimate of drug-likeness (QED) is 0.298. The van der Waals surface area contributed by atoms with Crippen LogP contribution in [-0.4, -0.2) is 26.9 Å². The van der Waals surface area contributed by atoms with E-state index in [-0.39, 0.29) is 11.8 Å². The maximum absolute atomic E-state index is 13.3. The van der Waals surface area contributed by atoms with E-state index in [4.69, 9.17) is 4.42 Å². The Morgan fingerprint density at radius 2 is 1.94 bits per heavy atom. The molecule has 2 aromatic carbocycles. The number of thiazole rings is 1. The molecule has 1 N–H and O–H groups in total. The van der Waals surface area contributed by atoms with E-state index in [0.717, 1.165) is 38.9 Å². The number of rotatable bonds is 7. The fraction of sp³-hybridized carbons (Fsp3) is 0.154. The average molecular weight is 475 g/mol. The van der Waals surface area contributed by atoms with Crippen LogP contribution in [0.25, 0.3) is 16.2 Å². The zero-order chi connectivity index (χ0) is 23.5. The van der Waals surface area contributed by atoms with Crippen LogP contribution < -0.4 is 5.32 Å². The van der Waals surface area contributed by atoms with Crippen LogP contribution in [0.15, 0.2) is 82.9 Å². The van der Waals surface area contributed by atoms with Gasteiger partial charge in [-0.3, -0.25) is 4.40 Å². The number of furan rings is 1. The highest BCUT2D eigenvalue weighted by atomic mass is 32.1. The Morgan fingerprint density at radius 3 is 2.68 bits per heavy atom. The zero-order valence-corrected chi connectivity index (χ0v) is 19.4. The van der Waals surface area contributed by atoms with Gasteiger partial charge < -0.3 is 14.6 Å². The SMILES string of the molecule is Cc1ccc(NC(=O)N(CCc2csc3nc(-c4ccc(F)cc4)cn23)Cc2ccco2)cc1. The van der Waals surface area contributed by atoms with Gasteiger partial charge in [-0.1, -0.05) is 17.7 Å². The maximum atomic E-state index is 13.3. The lowest BCUT2D eigenvalue weighted by atomic mass is 10.2. The van der Waals surface area contributed by atoms with E-state index in [2.05, 4.69) is 15.7 Å². The number of hydrogen-bond donors (Lipinski definition) is 1. The van der Waals surface area contributed by atoms with Crippen LogP contribution in [-0.2, 0) is 13.0 Å². The van der Waals surface area contributed by atoms with Gasteiger partial charge >= 0.3 is 6.03 Å². The van der Waals surface area contributed by atoms with Gasteiger partial charge in [0.1, 0.15) is 11.6 Å². The number of carbonyl (C=O) groups excluding carboxylic acids is 1. The van der Waals surface area contributed by atoms with Gasteiger partial charge in [0.05, 0.1) is 18.5 Å². The number of hydrogen-bond acceptors (Lipinski definition) is 4. The number of urea groups is 1. The van der Waals surface area contributed by atoms with Crippen LogP contribution in [0, 0.1) is 12.7 Å². The highest BCUT2D eigenvalue weighted by Crippen LogP contribution is 2.24. The van der Waals surface area contributed by atoms with Gasteiger partial charge in [0, 0.05) is 41.5 Å². The third kappa shape index (κ3) is 4.87. The van der Waals surface area contributed by atoms with E-state index in [1.165, 1.54) is 12.1 Å². The highest BCUT2D eigenvalue weighted by molar-refractivity contribution is 7.15. The molecule has 0 bridgehead atoms. The van der Waals surface area contributed by atoms with E-state index in [9.17, 15) is 9.18 Å². The fourth-order valence-electron chi connectivity index (χ4n) is 3.70. The molecule has 0 aliphatic heterocycles. The van der Waals surface area contributed by atoms with Crippen LogP contribution in [0.5, 0.6) is 0 Å². The number of halogens is 1. The Labute approximate surface area is 200 Å². The van der Waals surface area contributed by atoms with E-state index in [0.29, 0.717) is 19.5 Å². The smallest absolute Gasteiger partial charge is 0.322 e. The summed E-state index contributed by atoms with van der Waals surface area (Å²) in [7, 11) is 0. The van der Waals surface area contributed by atoms with Gasteiger partial charge in [-0.25, -0.2) is 14.2 Å². The second-order valence-corrected chi connectivity index (χ2v) is 8.90. The van der Waals surface area contributed by atoms with Crippen molar-refractivity contribution < 1.29 is 13.6 Å². The first-order valence-electron chi connectivity index (χ1n) is 10.9. The van der Waals surface area contributed by atoms with Gasteiger partial charge in [0.15, 0.2) is 4.96 Å². The number of aryl methyl sites for hydroxylation is 1. The summed E-state index contributed by atoms with van der Waals surface area (Å²) in [6.45, 7) is 2.87. The molecule has 0 saturated carbocycles. The number of imidazole rings is 1. The fourth-order valence-corrected chi connectivity index (χ4v) is 4.61. The second kappa shape index (κ2) is 9.52. The molecule has 34 heavy (non-hydrogen) atoms. The molecule has 0 spiro atoms. The minimum Gasteiger partial charge on any atom is -0.467 e. The minimum absolute atomic E-state index is 0.190. The Balaban J connectivity index is 1.33. The summed E-state index contributed by atoms with van der Waals surface area (Å²) in [5.74, 6) is 0.446. The molecule has 0 unspecified atom stereocenters. The van der Waals surface area contributed by atoms with E-state index >= 15 is 0 Å². The molecule has 0 aliphatic carbocycles. The molecule has 2 amide bonds. The molecule has 6 nitrogen and oxygen atoms in total. The standard InChI is InChI=1S/C26H23FN4O2S/c1-18-4-10-21(11-5-18)28-25(32)30(15-23-3-2-14-33-23)13-12-22-17-34-26-29-24(16-31(22)26)19-6-8-20(27)9-7-19/h2-11,14,16-17H,12-13,15H2,1H3,(H,28,32). The number of anilines is 1. The minimum atomic E-state index is -0.272. The number of aromatic nitrogens is 2. The molecule has 0 radical (unpaired) electrons. The van der Waals surface area contributed by atoms with Crippen molar-refractivity contribution in [2.45, 2.75) is 19.9 Å². The molecule has 0 aliphatic rings. The summed E-state index contributed by atoms with van der Waals surface area (Å²) >= 11 is 1.54. The number of nitrogens with zero attached hydrogens (tertiary/aromatic N) is 3. The lowest BCUT2D eigenvalue weighted by Crippen LogP contribution is -2.36. The Kier molecular flexibility index (Phi) is 6.14. The topological polar surface area (TPSA) is 62.8 Å². The molecular weight excluding hydrogens is 451 g/mol. The molecule has 5 aromatic rings. The largest absolute Gasteiger partial charge is 0.467 e. The van der Waals surface area contributed by atoms with Gasteiger partial charge in [0.25, 0.3) is 0 Å². The highest BCUT2D eigenvalue weighted by Gasteiger charge is 2.17. The molecular formula is C26H23FN4O2S. The average Bonchev–Trinajstić information content (AvgIpc) is 3.57.